The van der Waals surface area contributed by atoms with Crippen LogP contribution in [0.3, 0.4) is 0 Å². The minimum absolute atomic E-state index is 0.00535. The molecule has 0 N–H and O–H groups in total. The zero-order chi connectivity index (χ0) is 17.7. The van der Waals surface area contributed by atoms with Gasteiger partial charge in [-0.05, 0) is 55.4 Å². The maximum atomic E-state index is 13.3. The molecule has 1 atom stereocenters. The fraction of sp³-hybridized carbons (Fsp3) is 0.476. The van der Waals surface area contributed by atoms with E-state index in [4.69, 9.17) is 9.72 Å². The van der Waals surface area contributed by atoms with Crippen molar-refractivity contribution in [2.24, 2.45) is 0 Å². The molecule has 2 aliphatic heterocycles. The van der Waals surface area contributed by atoms with Gasteiger partial charge in [0.1, 0.15) is 5.82 Å². The Labute approximate surface area is 153 Å². The highest BCUT2D eigenvalue weighted by atomic mass is 16.5. The van der Waals surface area contributed by atoms with Crippen molar-refractivity contribution in [1.82, 2.24) is 14.9 Å². The lowest BCUT2D eigenvalue weighted by Gasteiger charge is -2.40. The third kappa shape index (κ3) is 2.37. The fourth-order valence-corrected chi connectivity index (χ4v) is 4.91. The van der Waals surface area contributed by atoms with E-state index < -0.39 is 0 Å². The lowest BCUT2D eigenvalue weighted by molar-refractivity contribution is 0.0629. The molecule has 1 unspecified atom stereocenters. The molecule has 0 saturated carbocycles. The topological polar surface area (TPSA) is 55.3 Å². The van der Waals surface area contributed by atoms with Crippen LogP contribution >= 0.6 is 0 Å². The highest BCUT2D eigenvalue weighted by Crippen LogP contribution is 2.44. The number of likely N-dealkylation sites (tertiary alicyclic amines) is 1. The highest BCUT2D eigenvalue weighted by molar-refractivity contribution is 5.96. The van der Waals surface area contributed by atoms with Crippen LogP contribution in [0.15, 0.2) is 24.4 Å². The molecule has 1 saturated heterocycles. The Balaban J connectivity index is 1.47. The summed E-state index contributed by atoms with van der Waals surface area (Å²) in [5, 5.41) is 0. The first-order chi connectivity index (χ1) is 12.7. The molecular weight excluding hydrogens is 326 g/mol. The number of carbonyl (C=O) groups is 1. The van der Waals surface area contributed by atoms with Crippen molar-refractivity contribution < 1.29 is 9.53 Å². The van der Waals surface area contributed by atoms with Gasteiger partial charge in [0.05, 0.1) is 18.9 Å². The Kier molecular flexibility index (Phi) is 3.60. The van der Waals surface area contributed by atoms with Crippen LogP contribution in [0.4, 0.5) is 0 Å². The number of hydrogen-bond acceptors (Lipinski definition) is 4. The molecule has 1 aliphatic carbocycles. The number of carbonyl (C=O) groups excluding carboxylic acids is 1. The Morgan fingerprint density at radius 2 is 2.15 bits per heavy atom. The maximum Gasteiger partial charge on any atom is 0.254 e. The second-order valence-electron chi connectivity index (χ2n) is 7.84. The average Bonchev–Trinajstić information content (AvgIpc) is 3.27. The van der Waals surface area contributed by atoms with Crippen LogP contribution in [0.25, 0.3) is 0 Å². The number of nitrogens with zero attached hydrogens (tertiary/aromatic N) is 3. The molecule has 1 fully saturated rings. The van der Waals surface area contributed by atoms with Crippen LogP contribution in [0, 0.1) is 6.92 Å². The largest absolute Gasteiger partial charge is 0.372 e. The van der Waals surface area contributed by atoms with E-state index in [2.05, 4.69) is 11.1 Å². The standard InChI is InChI=1S/C21H23N3O2/c1-14-22-10-15-6-8-21(19(15)23-14)7-3-9-24(13-21)20(25)17-5-2-4-16-11-26-12-18(16)17/h2,4-5,10H,3,6-9,11-13H2,1H3. The number of piperidine rings is 1. The molecule has 1 aromatic heterocycles. The van der Waals surface area contributed by atoms with Gasteiger partial charge in [0.2, 0.25) is 0 Å². The molecule has 0 bridgehead atoms. The number of hydrogen-bond donors (Lipinski definition) is 0. The van der Waals surface area contributed by atoms with Crippen LogP contribution < -0.4 is 0 Å². The minimum Gasteiger partial charge on any atom is -0.372 e. The monoisotopic (exact) mass is 349 g/mol. The Bertz CT molecular complexity index is 891. The second-order valence-corrected chi connectivity index (χ2v) is 7.84. The van der Waals surface area contributed by atoms with E-state index in [1.807, 2.05) is 30.2 Å². The van der Waals surface area contributed by atoms with Crippen molar-refractivity contribution in [3.63, 3.8) is 0 Å². The SMILES string of the molecule is Cc1ncc2c(n1)C1(CCCN(C(=O)c3cccc4c3COC4)C1)CC2. The van der Waals surface area contributed by atoms with Crippen LogP contribution in [-0.2, 0) is 29.8 Å². The molecule has 5 heteroatoms. The summed E-state index contributed by atoms with van der Waals surface area (Å²) in [4.78, 5) is 24.5. The van der Waals surface area contributed by atoms with Gasteiger partial charge in [0.15, 0.2) is 0 Å². The molecule has 1 spiro atoms. The van der Waals surface area contributed by atoms with Gasteiger partial charge in [-0.3, -0.25) is 4.79 Å². The van der Waals surface area contributed by atoms with Crippen molar-refractivity contribution in [3.05, 3.63) is 58.2 Å². The summed E-state index contributed by atoms with van der Waals surface area (Å²) in [6, 6.07) is 5.98. The van der Waals surface area contributed by atoms with E-state index in [-0.39, 0.29) is 11.3 Å². The van der Waals surface area contributed by atoms with Gasteiger partial charge in [-0.25, -0.2) is 9.97 Å². The van der Waals surface area contributed by atoms with Crippen molar-refractivity contribution in [1.29, 1.82) is 0 Å². The summed E-state index contributed by atoms with van der Waals surface area (Å²) < 4.78 is 5.56. The number of rotatable bonds is 1. The van der Waals surface area contributed by atoms with Gasteiger partial charge in [-0.15, -0.1) is 0 Å². The number of ether oxygens (including phenoxy) is 1. The molecule has 1 aromatic carbocycles. The second kappa shape index (κ2) is 5.88. The molecule has 2 aromatic rings. The summed E-state index contributed by atoms with van der Waals surface area (Å²) in [5.41, 5.74) is 5.49. The van der Waals surface area contributed by atoms with Gasteiger partial charge in [0, 0.05) is 30.3 Å². The maximum absolute atomic E-state index is 13.3. The zero-order valence-corrected chi connectivity index (χ0v) is 15.1. The van der Waals surface area contributed by atoms with Crippen LogP contribution in [0.1, 0.15) is 57.8 Å². The smallest absolute Gasteiger partial charge is 0.254 e. The molecule has 5 rings (SSSR count). The van der Waals surface area contributed by atoms with E-state index in [1.165, 1.54) is 11.3 Å². The molecule has 5 nitrogen and oxygen atoms in total. The average molecular weight is 349 g/mol. The van der Waals surface area contributed by atoms with Crippen molar-refractivity contribution in [3.8, 4) is 0 Å². The summed E-state index contributed by atoms with van der Waals surface area (Å²) in [6.07, 6.45) is 6.21. The summed E-state index contributed by atoms with van der Waals surface area (Å²) in [7, 11) is 0. The van der Waals surface area contributed by atoms with E-state index >= 15 is 0 Å². The molecule has 26 heavy (non-hydrogen) atoms. The quantitative estimate of drug-likeness (QED) is 0.794. The van der Waals surface area contributed by atoms with Crippen molar-refractivity contribution in [2.45, 2.75) is 51.2 Å². The van der Waals surface area contributed by atoms with Gasteiger partial charge in [0.25, 0.3) is 5.91 Å². The number of amides is 1. The van der Waals surface area contributed by atoms with Crippen LogP contribution in [-0.4, -0.2) is 33.9 Å². The first-order valence-electron chi connectivity index (χ1n) is 9.47. The van der Waals surface area contributed by atoms with Gasteiger partial charge in [-0.1, -0.05) is 12.1 Å². The summed E-state index contributed by atoms with van der Waals surface area (Å²) in [6.45, 7) is 4.70. The van der Waals surface area contributed by atoms with Gasteiger partial charge >= 0.3 is 0 Å². The predicted octanol–water partition coefficient (Wildman–Crippen LogP) is 2.94. The Morgan fingerprint density at radius 1 is 1.23 bits per heavy atom. The molecule has 0 radical (unpaired) electrons. The van der Waals surface area contributed by atoms with Gasteiger partial charge in [-0.2, -0.15) is 0 Å². The normalized spacial score (nSPS) is 24.0. The van der Waals surface area contributed by atoms with Crippen LogP contribution in [0.2, 0.25) is 0 Å². The summed E-state index contributed by atoms with van der Waals surface area (Å²) in [5.74, 6) is 0.970. The first-order valence-corrected chi connectivity index (χ1v) is 9.47. The Morgan fingerprint density at radius 3 is 3.08 bits per heavy atom. The number of aromatic nitrogens is 2. The first kappa shape index (κ1) is 15.9. The lowest BCUT2D eigenvalue weighted by atomic mass is 9.77. The van der Waals surface area contributed by atoms with Gasteiger partial charge < -0.3 is 9.64 Å². The van der Waals surface area contributed by atoms with E-state index in [1.54, 1.807) is 0 Å². The molecule has 1 amide bonds. The third-order valence-electron chi connectivity index (χ3n) is 6.23. The highest BCUT2D eigenvalue weighted by Gasteiger charge is 2.45. The van der Waals surface area contributed by atoms with Crippen molar-refractivity contribution in [2.75, 3.05) is 13.1 Å². The van der Waals surface area contributed by atoms with E-state index in [0.717, 1.165) is 61.3 Å². The molecule has 3 aliphatic rings. The predicted molar refractivity (Wildman–Crippen MR) is 96.8 cm³/mol. The number of fused-ring (bicyclic) bond motifs is 3. The zero-order valence-electron chi connectivity index (χ0n) is 15.1. The minimum atomic E-state index is 0.00535. The van der Waals surface area contributed by atoms with Crippen LogP contribution in [0.5, 0.6) is 0 Å². The molecule has 3 heterocycles. The Hall–Kier alpha value is -2.27. The molecular formula is C21H23N3O2. The van der Waals surface area contributed by atoms with Crippen molar-refractivity contribution >= 4 is 5.91 Å². The summed E-state index contributed by atoms with van der Waals surface area (Å²) >= 11 is 0. The lowest BCUT2D eigenvalue weighted by Crippen LogP contribution is -2.48. The number of benzene rings is 1. The third-order valence-corrected chi connectivity index (χ3v) is 6.23. The fourth-order valence-electron chi connectivity index (χ4n) is 4.91. The molecule has 134 valence electrons. The van der Waals surface area contributed by atoms with E-state index in [9.17, 15) is 4.79 Å². The van der Waals surface area contributed by atoms with E-state index in [0.29, 0.717) is 13.2 Å². The number of aryl methyl sites for hydroxylation is 2.